The van der Waals surface area contributed by atoms with Gasteiger partial charge in [0, 0.05) is 11.9 Å². The third-order valence-corrected chi connectivity index (χ3v) is 5.53. The first kappa shape index (κ1) is 19.3. The summed E-state index contributed by atoms with van der Waals surface area (Å²) in [4.78, 5) is 12.2. The molecule has 0 radical (unpaired) electrons. The van der Waals surface area contributed by atoms with Crippen LogP contribution in [0.2, 0.25) is 5.02 Å². The summed E-state index contributed by atoms with van der Waals surface area (Å²) in [6.45, 7) is 5.51. The first-order valence-corrected chi connectivity index (χ1v) is 9.96. The number of anilines is 2. The van der Waals surface area contributed by atoms with Gasteiger partial charge in [-0.3, -0.25) is 4.79 Å². The Hall–Kier alpha value is -2.05. The normalized spacial score (nSPS) is 11.2. The van der Waals surface area contributed by atoms with Crippen LogP contribution in [0.15, 0.2) is 35.2 Å². The van der Waals surface area contributed by atoms with E-state index < -0.39 is 9.84 Å². The van der Waals surface area contributed by atoms with Crippen LogP contribution in [0.25, 0.3) is 0 Å². The molecule has 0 aliphatic heterocycles. The van der Waals surface area contributed by atoms with Crippen LogP contribution in [0.3, 0.4) is 0 Å². The van der Waals surface area contributed by atoms with Crippen molar-refractivity contribution < 1.29 is 13.2 Å². The lowest BCUT2D eigenvalue weighted by Crippen LogP contribution is -2.23. The van der Waals surface area contributed by atoms with Gasteiger partial charge >= 0.3 is 0 Å². The van der Waals surface area contributed by atoms with E-state index in [9.17, 15) is 13.2 Å². The Kier molecular flexibility index (Phi) is 5.75. The summed E-state index contributed by atoms with van der Waals surface area (Å²) in [5.74, 6) is -0.273. The molecule has 134 valence electrons. The number of benzene rings is 2. The van der Waals surface area contributed by atoms with E-state index in [0.717, 1.165) is 23.1 Å². The highest BCUT2D eigenvalue weighted by atomic mass is 35.5. The molecule has 0 saturated carbocycles. The highest BCUT2D eigenvalue weighted by Gasteiger charge is 2.19. The molecule has 0 spiro atoms. The van der Waals surface area contributed by atoms with Crippen molar-refractivity contribution >= 4 is 38.7 Å². The maximum atomic E-state index is 12.2. The van der Waals surface area contributed by atoms with Gasteiger partial charge in [-0.2, -0.15) is 0 Å². The van der Waals surface area contributed by atoms with Crippen molar-refractivity contribution in [2.45, 2.75) is 25.7 Å². The molecule has 2 N–H and O–H groups in total. The second-order valence-electron chi connectivity index (χ2n) is 6.07. The van der Waals surface area contributed by atoms with Crippen LogP contribution in [0.1, 0.15) is 16.7 Å². The zero-order chi connectivity index (χ0) is 18.8. The zero-order valence-electron chi connectivity index (χ0n) is 14.6. The average Bonchev–Trinajstić information content (AvgIpc) is 2.50. The van der Waals surface area contributed by atoms with Crippen molar-refractivity contribution in [3.63, 3.8) is 0 Å². The minimum absolute atomic E-state index is 0.00806. The van der Waals surface area contributed by atoms with Gasteiger partial charge in [-0.25, -0.2) is 8.42 Å². The Morgan fingerprint density at radius 3 is 2.32 bits per heavy atom. The first-order valence-electron chi connectivity index (χ1n) is 7.69. The van der Waals surface area contributed by atoms with Gasteiger partial charge in [0.05, 0.1) is 17.3 Å². The summed E-state index contributed by atoms with van der Waals surface area (Å²) in [5.41, 5.74) is 3.70. The van der Waals surface area contributed by atoms with Gasteiger partial charge in [0.25, 0.3) is 0 Å². The molecule has 0 heterocycles. The third kappa shape index (κ3) is 4.74. The molecule has 25 heavy (non-hydrogen) atoms. The number of nitrogens with one attached hydrogen (secondary N) is 2. The van der Waals surface area contributed by atoms with Crippen molar-refractivity contribution in [2.24, 2.45) is 0 Å². The zero-order valence-corrected chi connectivity index (χ0v) is 16.2. The summed E-state index contributed by atoms with van der Waals surface area (Å²) in [6, 6.07) is 9.11. The molecule has 2 aromatic rings. The Morgan fingerprint density at radius 2 is 1.68 bits per heavy atom. The number of carbonyl (C=O) groups excluding carboxylic acids is 1. The van der Waals surface area contributed by atoms with E-state index in [1.54, 1.807) is 19.1 Å². The largest absolute Gasteiger partial charge is 0.375 e. The van der Waals surface area contributed by atoms with Crippen LogP contribution in [-0.2, 0) is 14.6 Å². The molecule has 5 nitrogen and oxygen atoms in total. The lowest BCUT2D eigenvalue weighted by atomic mass is 10.1. The molecular weight excluding hydrogens is 360 g/mol. The Labute approximate surface area is 153 Å². The number of hydrogen-bond acceptors (Lipinski definition) is 4. The summed E-state index contributed by atoms with van der Waals surface area (Å²) in [6.07, 6.45) is 1.09. The molecule has 0 aromatic heterocycles. The van der Waals surface area contributed by atoms with Crippen LogP contribution in [-0.4, -0.2) is 27.1 Å². The van der Waals surface area contributed by atoms with Gasteiger partial charge < -0.3 is 10.6 Å². The lowest BCUT2D eigenvalue weighted by molar-refractivity contribution is -0.114. The van der Waals surface area contributed by atoms with Crippen molar-refractivity contribution in [3.05, 3.63) is 52.0 Å². The fourth-order valence-electron chi connectivity index (χ4n) is 2.40. The molecule has 2 aromatic carbocycles. The second kappa shape index (κ2) is 7.45. The Balaban J connectivity index is 2.18. The van der Waals surface area contributed by atoms with Gasteiger partial charge in [0.1, 0.15) is 4.90 Å². The number of aryl methyl sites for hydroxylation is 3. The number of hydrogen-bond donors (Lipinski definition) is 2. The minimum Gasteiger partial charge on any atom is -0.375 e. The minimum atomic E-state index is -3.53. The van der Waals surface area contributed by atoms with E-state index in [2.05, 4.69) is 10.6 Å². The smallest absolute Gasteiger partial charge is 0.243 e. The molecule has 0 fully saturated rings. The summed E-state index contributed by atoms with van der Waals surface area (Å²) in [7, 11) is -3.53. The third-order valence-electron chi connectivity index (χ3n) is 3.77. The lowest BCUT2D eigenvalue weighted by Gasteiger charge is -2.14. The van der Waals surface area contributed by atoms with E-state index in [4.69, 9.17) is 11.6 Å². The number of halogens is 1. The van der Waals surface area contributed by atoms with Crippen LogP contribution in [0.5, 0.6) is 0 Å². The number of carbonyl (C=O) groups is 1. The fourth-order valence-corrected chi connectivity index (χ4v) is 4.01. The van der Waals surface area contributed by atoms with Gasteiger partial charge in [-0.05, 0) is 49.6 Å². The van der Waals surface area contributed by atoms with Gasteiger partial charge in [-0.1, -0.05) is 29.8 Å². The molecule has 0 aliphatic rings. The van der Waals surface area contributed by atoms with Gasteiger partial charge in [0.15, 0.2) is 9.84 Å². The summed E-state index contributed by atoms with van der Waals surface area (Å²) >= 11 is 6.15. The molecule has 7 heteroatoms. The van der Waals surface area contributed by atoms with Crippen LogP contribution < -0.4 is 10.6 Å². The van der Waals surface area contributed by atoms with Crippen molar-refractivity contribution in [1.29, 1.82) is 0 Å². The van der Waals surface area contributed by atoms with E-state index in [1.165, 1.54) is 0 Å². The summed E-state index contributed by atoms with van der Waals surface area (Å²) < 4.78 is 24.0. The monoisotopic (exact) mass is 380 g/mol. The molecule has 0 saturated heterocycles. The molecule has 1 amide bonds. The van der Waals surface area contributed by atoms with E-state index >= 15 is 0 Å². The SMILES string of the molecule is Cc1ccc(C)c(NC(=O)CNc2ccc(C)c(Cl)c2S(C)(=O)=O)c1. The Bertz CT molecular complexity index is 924. The molecule has 0 unspecified atom stereocenters. The molecule has 0 aliphatic carbocycles. The number of amides is 1. The van der Waals surface area contributed by atoms with Crippen LogP contribution in [0.4, 0.5) is 11.4 Å². The second-order valence-corrected chi connectivity index (χ2v) is 8.40. The van der Waals surface area contributed by atoms with E-state index in [1.807, 2.05) is 32.0 Å². The predicted octanol–water partition coefficient (Wildman–Crippen LogP) is 3.72. The molecular formula is C18H21ClN2O3S. The van der Waals surface area contributed by atoms with E-state index in [-0.39, 0.29) is 22.4 Å². The molecule has 0 bridgehead atoms. The fraction of sp³-hybridized carbons (Fsp3) is 0.278. The topological polar surface area (TPSA) is 75.3 Å². The molecule has 0 atom stereocenters. The number of rotatable bonds is 5. The average molecular weight is 381 g/mol. The van der Waals surface area contributed by atoms with Crippen molar-refractivity contribution in [2.75, 3.05) is 23.4 Å². The van der Waals surface area contributed by atoms with E-state index in [0.29, 0.717) is 11.3 Å². The highest BCUT2D eigenvalue weighted by Crippen LogP contribution is 2.32. The standard InChI is InChI=1S/C18H21ClN2O3S/c1-11-5-6-12(2)15(9-11)21-16(22)10-20-14-8-7-13(3)17(19)18(14)25(4,23)24/h5-9,20H,10H2,1-4H3,(H,21,22). The first-order chi connectivity index (χ1) is 11.6. The van der Waals surface area contributed by atoms with Gasteiger partial charge in [0.2, 0.25) is 5.91 Å². The quantitative estimate of drug-likeness (QED) is 0.828. The Morgan fingerprint density at radius 1 is 1.04 bits per heavy atom. The number of sulfone groups is 1. The van der Waals surface area contributed by atoms with Crippen molar-refractivity contribution in [3.8, 4) is 0 Å². The van der Waals surface area contributed by atoms with Crippen LogP contribution >= 0.6 is 11.6 Å². The summed E-state index contributed by atoms with van der Waals surface area (Å²) in [5, 5.41) is 5.86. The maximum Gasteiger partial charge on any atom is 0.243 e. The maximum absolute atomic E-state index is 12.2. The molecule has 2 rings (SSSR count). The van der Waals surface area contributed by atoms with Crippen LogP contribution in [0, 0.1) is 20.8 Å². The van der Waals surface area contributed by atoms with Gasteiger partial charge in [-0.15, -0.1) is 0 Å². The van der Waals surface area contributed by atoms with Crippen molar-refractivity contribution in [1.82, 2.24) is 0 Å². The predicted molar refractivity (Wildman–Crippen MR) is 102 cm³/mol. The highest BCUT2D eigenvalue weighted by molar-refractivity contribution is 7.91.